The Morgan fingerprint density at radius 1 is 0.189 bits per heavy atom. The second-order valence-electron chi connectivity index (χ2n) is 39.8. The lowest BCUT2D eigenvalue weighted by molar-refractivity contribution is 0.424. The van der Waals surface area contributed by atoms with Crippen molar-refractivity contribution in [3.8, 4) is 46.5 Å². The molecular weight excluding hydrogens is 1810 g/mol. The number of hydrogen-bond acceptors (Lipinski definition) is 9. The Morgan fingerprint density at radius 3 is 0.703 bits per heavy atom. The van der Waals surface area contributed by atoms with Crippen LogP contribution in [-0.2, 0) is 12.8 Å². The van der Waals surface area contributed by atoms with Crippen LogP contribution in [0, 0.1) is 27.7 Å². The lowest BCUT2D eigenvalue weighted by Gasteiger charge is -2.25. The summed E-state index contributed by atoms with van der Waals surface area (Å²) in [5.74, 6) is 6.72. The third kappa shape index (κ3) is 14.8. The quantitative estimate of drug-likeness (QED) is 0.116. The summed E-state index contributed by atoms with van der Waals surface area (Å²) in [4.78, 5) is 45.2. The van der Waals surface area contributed by atoms with E-state index >= 15 is 0 Å². The van der Waals surface area contributed by atoms with Gasteiger partial charge in [0.25, 0.3) is 0 Å². The first-order valence-corrected chi connectivity index (χ1v) is 52.4. The van der Waals surface area contributed by atoms with Gasteiger partial charge in [-0.3, -0.25) is 22.8 Å². The fourth-order valence-corrected chi connectivity index (χ4v) is 24.4. The number of benzene rings is 15. The number of para-hydroxylation sites is 11. The Kier molecular flexibility index (Phi) is 22.1. The van der Waals surface area contributed by atoms with Gasteiger partial charge < -0.3 is 13.7 Å². The van der Waals surface area contributed by atoms with Crippen molar-refractivity contribution in [2.75, 3.05) is 0 Å². The summed E-state index contributed by atoms with van der Waals surface area (Å²) in [7, 11) is 0. The molecule has 0 aliphatic heterocycles. The molecule has 0 amide bonds. The molecule has 13 aromatic heterocycles. The van der Waals surface area contributed by atoms with Crippen molar-refractivity contribution >= 4 is 174 Å². The summed E-state index contributed by atoms with van der Waals surface area (Å²) in [6.07, 6.45) is 14.3. The standard InChI is InChI=1S/C40H38N4.C31H26N6.C30H22N4.C30H21N3/c1-4-14-27(15-5-1)34-26-35(28-16-6-2-7-17-28)42-40(41-34)44-37-23-13-11-21-31(37)33-25-24-32-30-20-10-12-22-36(30)43(38(32)39(33)44)29-18-8-3-9-19-29;1-4-26-33-27(5-2)35-31(34-26)37-25-15-9-7-13-21(25)23-18-17-22-20-12-6-8-14-24(20)36(29(22)30(23)37)28-16-10-11-19(3)32-28;1-19-18-20(2)32-30(31-19)34-27-15-9-7-13-23(27)25-17-16-24-22-12-6-8-14-26(22)33(28(24)29(25)34)21-10-4-3-5-11-21;1-20-10-9-17-28(31-20)33-27-16-8-6-14-23(27)25-19-18-24-22-13-5-7-15-26(22)32(29(24)30(25)33)21-11-3-2-4-12-21/h3,8-13,18-28H,1-2,4-7,14-17H2;6-18H,4-5H2,1-3H3;3-18H,1-2H3;2-19H,1H3. The van der Waals surface area contributed by atoms with E-state index < -0.39 is 0 Å². The highest BCUT2D eigenvalue weighted by Crippen LogP contribution is 2.49. The molecule has 17 heteroatoms. The average Bonchev–Trinajstić information content (AvgIpc) is 1.57. The normalized spacial score (nSPS) is 13.3. The van der Waals surface area contributed by atoms with E-state index in [1.165, 1.54) is 217 Å². The maximum atomic E-state index is 5.50. The van der Waals surface area contributed by atoms with Crippen molar-refractivity contribution in [2.24, 2.45) is 0 Å². The second kappa shape index (κ2) is 36.8. The summed E-state index contributed by atoms with van der Waals surface area (Å²) >= 11 is 0. The molecular formula is C131H107N17. The zero-order chi connectivity index (χ0) is 98.9. The van der Waals surface area contributed by atoms with Crippen molar-refractivity contribution in [2.45, 2.75) is 130 Å². The highest BCUT2D eigenvalue weighted by molar-refractivity contribution is 6.28. The van der Waals surface area contributed by atoms with E-state index in [1.807, 2.05) is 45.9 Å². The molecule has 0 spiro atoms. The van der Waals surface area contributed by atoms with Gasteiger partial charge in [0, 0.05) is 162 Å². The zero-order valence-electron chi connectivity index (χ0n) is 83.6. The fraction of sp³-hybridized carbons (Fsp3) is 0.153. The van der Waals surface area contributed by atoms with Gasteiger partial charge in [-0.25, -0.2) is 34.9 Å². The van der Waals surface area contributed by atoms with E-state index in [9.17, 15) is 0 Å². The first-order valence-electron chi connectivity index (χ1n) is 52.4. The van der Waals surface area contributed by atoms with E-state index in [2.05, 4.69) is 419 Å². The maximum Gasteiger partial charge on any atom is 0.238 e. The summed E-state index contributed by atoms with van der Waals surface area (Å²) in [5, 5.41) is 19.6. The largest absolute Gasteiger partial charge is 0.307 e. The summed E-state index contributed by atoms with van der Waals surface area (Å²) in [5.41, 5.74) is 28.5. The monoisotopic (exact) mass is 1920 g/mol. The molecule has 0 N–H and O–H groups in total. The molecule has 2 saturated carbocycles. The second-order valence-corrected chi connectivity index (χ2v) is 39.8. The molecule has 30 rings (SSSR count). The van der Waals surface area contributed by atoms with Crippen molar-refractivity contribution in [1.29, 1.82) is 0 Å². The van der Waals surface area contributed by atoms with Crippen LogP contribution in [-0.4, -0.2) is 81.4 Å². The van der Waals surface area contributed by atoms with Crippen LogP contribution in [0.2, 0.25) is 0 Å². The lowest BCUT2D eigenvalue weighted by Crippen LogP contribution is -2.15. The number of hydrogen-bond donors (Lipinski definition) is 0. The van der Waals surface area contributed by atoms with E-state index in [-0.39, 0.29) is 0 Å². The van der Waals surface area contributed by atoms with Crippen molar-refractivity contribution in [3.05, 3.63) is 428 Å². The molecule has 2 aliphatic rings. The highest BCUT2D eigenvalue weighted by atomic mass is 15.2. The van der Waals surface area contributed by atoms with Crippen LogP contribution in [0.1, 0.15) is 136 Å². The Hall–Kier alpha value is -17.8. The predicted octanol–water partition coefficient (Wildman–Crippen LogP) is 32.5. The van der Waals surface area contributed by atoms with Crippen LogP contribution in [0.5, 0.6) is 0 Å². The maximum absolute atomic E-state index is 5.50. The van der Waals surface area contributed by atoms with Crippen molar-refractivity contribution in [3.63, 3.8) is 0 Å². The minimum atomic E-state index is 0.525. The molecule has 28 aromatic rings. The van der Waals surface area contributed by atoms with E-state index in [0.29, 0.717) is 23.7 Å². The van der Waals surface area contributed by atoms with Crippen LogP contribution in [0.3, 0.4) is 0 Å². The number of fused-ring (bicyclic) bond motifs is 28. The van der Waals surface area contributed by atoms with Gasteiger partial charge in [0.1, 0.15) is 23.3 Å². The molecule has 716 valence electrons. The van der Waals surface area contributed by atoms with E-state index in [1.54, 1.807) is 0 Å². The summed E-state index contributed by atoms with van der Waals surface area (Å²) in [6, 6.07) is 136. The predicted molar refractivity (Wildman–Crippen MR) is 610 cm³/mol. The third-order valence-electron chi connectivity index (χ3n) is 30.8. The van der Waals surface area contributed by atoms with Crippen LogP contribution in [0.15, 0.2) is 382 Å². The van der Waals surface area contributed by atoms with Gasteiger partial charge >= 0.3 is 0 Å². The van der Waals surface area contributed by atoms with Crippen LogP contribution in [0.25, 0.3) is 221 Å². The fourth-order valence-electron chi connectivity index (χ4n) is 24.4. The van der Waals surface area contributed by atoms with Gasteiger partial charge in [-0.2, -0.15) is 9.97 Å². The number of rotatable bonds is 12. The Morgan fingerprint density at radius 2 is 0.426 bits per heavy atom. The molecule has 15 aromatic carbocycles. The minimum absolute atomic E-state index is 0.525. The molecule has 0 saturated heterocycles. The molecule has 2 aliphatic carbocycles. The molecule has 2 fully saturated rings. The first-order chi connectivity index (χ1) is 73.0. The molecule has 0 bridgehead atoms. The SMILES string of the molecule is CCc1nc(CC)nc(-n2c3ccccc3c3ccc4c5ccccc5n(-c5cccc(C)n5)c4c32)n1.Cc1cc(C)nc(-n2c3ccccc3c3ccc4c5ccccc5n(-c5ccccc5)c4c32)n1.Cc1cccc(-n2c3ccccc3c3ccc4c5ccccc5n(-c5ccccc5)c4c32)n1.c1ccc(-n2c3ccccc3c3ccc4c5ccccc5n(-c5nc(C6CCCCC6)cc(C6CCCCC6)n5)c4c32)cc1. The Bertz CT molecular complexity index is 10000. The van der Waals surface area contributed by atoms with Gasteiger partial charge in [-0.15, -0.1) is 0 Å². The first kappa shape index (κ1) is 89.1. The molecule has 0 unspecified atom stereocenters. The van der Waals surface area contributed by atoms with Gasteiger partial charge in [0.15, 0.2) is 0 Å². The highest BCUT2D eigenvalue weighted by Gasteiger charge is 2.32. The molecule has 17 nitrogen and oxygen atoms in total. The summed E-state index contributed by atoms with van der Waals surface area (Å²) < 4.78 is 18.7. The van der Waals surface area contributed by atoms with Crippen molar-refractivity contribution in [1.82, 2.24) is 81.4 Å². The lowest BCUT2D eigenvalue weighted by atomic mass is 9.84. The number of aryl methyl sites for hydroxylation is 6. The van der Waals surface area contributed by atoms with Gasteiger partial charge in [0.05, 0.1) is 88.3 Å². The summed E-state index contributed by atoms with van der Waals surface area (Å²) in [6.45, 7) is 12.3. The van der Waals surface area contributed by atoms with Gasteiger partial charge in [-0.1, -0.05) is 313 Å². The Labute approximate surface area is 855 Å². The van der Waals surface area contributed by atoms with Crippen LogP contribution >= 0.6 is 0 Å². The minimum Gasteiger partial charge on any atom is -0.307 e. The number of aromatic nitrogens is 17. The average molecular weight is 1920 g/mol. The topological polar surface area (TPSA) is 155 Å². The number of pyridine rings is 2. The van der Waals surface area contributed by atoms with E-state index in [4.69, 9.17) is 39.9 Å². The molecule has 0 radical (unpaired) electrons. The third-order valence-corrected chi connectivity index (χ3v) is 30.8. The van der Waals surface area contributed by atoms with Gasteiger partial charge in [-0.05, 0) is 175 Å². The molecule has 148 heavy (non-hydrogen) atoms. The van der Waals surface area contributed by atoms with Crippen LogP contribution < -0.4 is 0 Å². The molecule has 0 atom stereocenters. The van der Waals surface area contributed by atoms with Gasteiger partial charge in [0.2, 0.25) is 17.8 Å². The number of nitrogens with zero attached hydrogens (tertiary/aromatic N) is 17. The van der Waals surface area contributed by atoms with Crippen molar-refractivity contribution < 1.29 is 0 Å². The van der Waals surface area contributed by atoms with E-state index in [0.717, 1.165) is 115 Å². The smallest absolute Gasteiger partial charge is 0.238 e. The Balaban J connectivity index is 0.0000000980. The molecule has 13 heterocycles. The zero-order valence-corrected chi connectivity index (χ0v) is 83.6. The van der Waals surface area contributed by atoms with Crippen LogP contribution in [0.4, 0.5) is 0 Å².